The lowest BCUT2D eigenvalue weighted by Crippen LogP contribution is -2.73. The summed E-state index contributed by atoms with van der Waals surface area (Å²) in [6, 6.07) is 0. The van der Waals surface area contributed by atoms with Crippen molar-refractivity contribution in [1.29, 1.82) is 0 Å². The summed E-state index contributed by atoms with van der Waals surface area (Å²) >= 11 is 0. The fourth-order valence-corrected chi connectivity index (χ4v) is 2.94. The van der Waals surface area contributed by atoms with Crippen molar-refractivity contribution in [1.82, 2.24) is 10.0 Å². The Kier molecular flexibility index (Phi) is 5.50. The predicted molar refractivity (Wildman–Crippen MR) is 77.6 cm³/mol. The number of ether oxygens (including phenoxy) is 1. The minimum atomic E-state index is -4.96. The Morgan fingerprint density at radius 2 is 1.72 bits per heavy atom. The molecule has 0 radical (unpaired) electrons. The fraction of sp³-hybridized carbons (Fsp3) is 0.786. The van der Waals surface area contributed by atoms with Crippen LogP contribution in [-0.2, 0) is 9.53 Å². The van der Waals surface area contributed by atoms with Crippen LogP contribution in [0.5, 0.6) is 0 Å². The quantitative estimate of drug-likeness (QED) is 0.774. The van der Waals surface area contributed by atoms with E-state index in [0.717, 1.165) is 6.92 Å². The molecule has 8 nitrogen and oxygen atoms in total. The molecular weight excluding hydrogens is 349 g/mol. The molecule has 0 bridgehead atoms. The van der Waals surface area contributed by atoms with E-state index < -0.39 is 60.8 Å². The number of aliphatic carboxylic acids is 1. The molecule has 1 saturated heterocycles. The monoisotopic (exact) mass is 370 g/mol. The standard InChI is InChI=1S/C14H21F3N2O6/c1-5-13(9(20)21)8(14(15,16)17)6-7-18(19(13)10(22)23)11(24)25-12(2,3)4/h8H,5-7H2,1-4H3,(H,20,21)(H,22,23). The van der Waals surface area contributed by atoms with E-state index in [1.54, 1.807) is 0 Å². The van der Waals surface area contributed by atoms with Gasteiger partial charge in [-0.15, -0.1) is 0 Å². The molecule has 2 amide bonds. The van der Waals surface area contributed by atoms with Gasteiger partial charge in [0.2, 0.25) is 0 Å². The number of carboxylic acid groups (broad SMARTS) is 2. The number of hydrogen-bond donors (Lipinski definition) is 2. The molecule has 2 N–H and O–H groups in total. The number of rotatable bonds is 2. The lowest BCUT2D eigenvalue weighted by Gasteiger charge is -2.51. The number of halogens is 3. The van der Waals surface area contributed by atoms with Gasteiger partial charge in [-0.25, -0.2) is 19.4 Å². The predicted octanol–water partition coefficient (Wildman–Crippen LogP) is 2.93. The maximum Gasteiger partial charge on any atom is 0.429 e. The highest BCUT2D eigenvalue weighted by Crippen LogP contribution is 2.46. The number of hydrogen-bond acceptors (Lipinski definition) is 4. The number of carbonyl (C=O) groups excluding carboxylic acids is 1. The summed E-state index contributed by atoms with van der Waals surface area (Å²) in [5, 5.41) is 19.3. The van der Waals surface area contributed by atoms with Crippen LogP contribution in [0.4, 0.5) is 22.8 Å². The highest BCUT2D eigenvalue weighted by molar-refractivity contribution is 5.86. The van der Waals surface area contributed by atoms with Crippen molar-refractivity contribution in [3.63, 3.8) is 0 Å². The maximum absolute atomic E-state index is 13.4. The van der Waals surface area contributed by atoms with Crippen LogP contribution in [0.2, 0.25) is 0 Å². The first-order valence-corrected chi connectivity index (χ1v) is 7.52. The van der Waals surface area contributed by atoms with Gasteiger partial charge >= 0.3 is 24.3 Å². The Hall–Kier alpha value is -2.20. The molecule has 0 aromatic heterocycles. The van der Waals surface area contributed by atoms with Gasteiger partial charge in [0, 0.05) is 6.54 Å². The van der Waals surface area contributed by atoms with Crippen LogP contribution >= 0.6 is 0 Å². The van der Waals surface area contributed by atoms with E-state index in [2.05, 4.69) is 0 Å². The van der Waals surface area contributed by atoms with Gasteiger partial charge in [0.1, 0.15) is 5.60 Å². The first-order valence-electron chi connectivity index (χ1n) is 7.52. The first-order chi connectivity index (χ1) is 11.2. The average molecular weight is 370 g/mol. The molecule has 2 unspecified atom stereocenters. The molecule has 25 heavy (non-hydrogen) atoms. The molecule has 1 rings (SSSR count). The molecule has 1 heterocycles. The summed E-state index contributed by atoms with van der Waals surface area (Å²) in [7, 11) is 0. The molecule has 0 aliphatic carbocycles. The lowest BCUT2D eigenvalue weighted by atomic mass is 9.76. The van der Waals surface area contributed by atoms with Crippen LogP contribution in [0.25, 0.3) is 0 Å². The molecule has 1 aliphatic rings. The van der Waals surface area contributed by atoms with Crippen LogP contribution < -0.4 is 0 Å². The van der Waals surface area contributed by atoms with Gasteiger partial charge in [0.15, 0.2) is 5.54 Å². The van der Waals surface area contributed by atoms with Gasteiger partial charge in [-0.2, -0.15) is 18.2 Å². The van der Waals surface area contributed by atoms with Crippen molar-refractivity contribution in [3.05, 3.63) is 0 Å². The highest BCUT2D eigenvalue weighted by Gasteiger charge is 2.66. The topological polar surface area (TPSA) is 107 Å². The second kappa shape index (κ2) is 6.60. The van der Waals surface area contributed by atoms with Crippen molar-refractivity contribution in [2.75, 3.05) is 6.54 Å². The van der Waals surface area contributed by atoms with Crippen LogP contribution in [0, 0.1) is 5.92 Å². The molecule has 1 fully saturated rings. The molecule has 0 aromatic carbocycles. The van der Waals surface area contributed by atoms with Crippen molar-refractivity contribution in [2.24, 2.45) is 5.92 Å². The van der Waals surface area contributed by atoms with E-state index in [1.165, 1.54) is 20.8 Å². The van der Waals surface area contributed by atoms with Crippen LogP contribution in [0.15, 0.2) is 0 Å². The number of carbonyl (C=O) groups is 3. The third-order valence-corrected chi connectivity index (χ3v) is 3.92. The Bertz CT molecular complexity index is 560. The van der Waals surface area contributed by atoms with Crippen LogP contribution in [0.3, 0.4) is 0 Å². The largest absolute Gasteiger partial charge is 0.479 e. The number of amides is 2. The number of alkyl halides is 3. The highest BCUT2D eigenvalue weighted by atomic mass is 19.4. The first kappa shape index (κ1) is 20.8. The number of carboxylic acids is 1. The summed E-state index contributed by atoms with van der Waals surface area (Å²) < 4.78 is 45.2. The SMILES string of the molecule is CCC1(C(=O)O)C(C(F)(F)F)CCN(C(=O)OC(C)(C)C)N1C(=O)O. The summed E-state index contributed by atoms with van der Waals surface area (Å²) in [5.41, 5.74) is -3.90. The minimum Gasteiger partial charge on any atom is -0.479 e. The van der Waals surface area contributed by atoms with E-state index in [9.17, 15) is 37.8 Å². The summed E-state index contributed by atoms with van der Waals surface area (Å²) in [6.45, 7) is 4.95. The van der Waals surface area contributed by atoms with Crippen molar-refractivity contribution in [2.45, 2.75) is 57.9 Å². The zero-order valence-corrected chi connectivity index (χ0v) is 14.3. The molecule has 0 saturated carbocycles. The van der Waals surface area contributed by atoms with Crippen molar-refractivity contribution < 1.29 is 42.5 Å². The van der Waals surface area contributed by atoms with Crippen molar-refractivity contribution >= 4 is 18.2 Å². The van der Waals surface area contributed by atoms with Gasteiger partial charge in [-0.05, 0) is 33.6 Å². The van der Waals surface area contributed by atoms with Crippen LogP contribution in [0.1, 0.15) is 40.5 Å². The summed E-state index contributed by atoms with van der Waals surface area (Å²) in [5.74, 6) is -4.44. The molecule has 1 aliphatic heterocycles. The second-order valence-corrected chi connectivity index (χ2v) is 6.66. The average Bonchev–Trinajstić information content (AvgIpc) is 2.41. The Labute approximate surface area is 142 Å². The van der Waals surface area contributed by atoms with E-state index in [0.29, 0.717) is 5.01 Å². The van der Waals surface area contributed by atoms with Crippen molar-refractivity contribution in [3.8, 4) is 0 Å². The van der Waals surface area contributed by atoms with Gasteiger partial charge in [0.05, 0.1) is 5.92 Å². The number of hydrazine groups is 1. The van der Waals surface area contributed by atoms with Gasteiger partial charge in [-0.1, -0.05) is 6.92 Å². The maximum atomic E-state index is 13.4. The smallest absolute Gasteiger partial charge is 0.429 e. The van der Waals surface area contributed by atoms with E-state index >= 15 is 0 Å². The molecule has 0 aromatic rings. The van der Waals surface area contributed by atoms with Gasteiger partial charge in [0.25, 0.3) is 0 Å². The molecule has 144 valence electrons. The summed E-state index contributed by atoms with van der Waals surface area (Å²) in [4.78, 5) is 35.6. The molecule has 2 atom stereocenters. The Morgan fingerprint density at radius 1 is 1.20 bits per heavy atom. The Morgan fingerprint density at radius 3 is 2.04 bits per heavy atom. The third kappa shape index (κ3) is 3.90. The zero-order valence-electron chi connectivity index (χ0n) is 14.3. The minimum absolute atomic E-state index is 0.0505. The van der Waals surface area contributed by atoms with Gasteiger partial charge in [-0.3, -0.25) is 0 Å². The molecular formula is C14H21F3N2O6. The molecule has 11 heteroatoms. The normalized spacial score (nSPS) is 24.8. The number of nitrogens with zero attached hydrogens (tertiary/aromatic N) is 2. The second-order valence-electron chi connectivity index (χ2n) is 6.66. The lowest BCUT2D eigenvalue weighted by molar-refractivity contribution is -0.251. The van der Waals surface area contributed by atoms with Gasteiger partial charge < -0.3 is 14.9 Å². The fourth-order valence-electron chi connectivity index (χ4n) is 2.94. The summed E-state index contributed by atoms with van der Waals surface area (Å²) in [6.07, 6.45) is -9.61. The van der Waals surface area contributed by atoms with E-state index in [-0.39, 0.29) is 5.01 Å². The van der Waals surface area contributed by atoms with Crippen LogP contribution in [-0.4, -0.2) is 62.2 Å². The molecule has 0 spiro atoms. The zero-order chi connectivity index (χ0) is 19.8. The Balaban J connectivity index is 3.47. The third-order valence-electron chi connectivity index (χ3n) is 3.92. The van der Waals surface area contributed by atoms with E-state index in [1.807, 2.05) is 0 Å². The van der Waals surface area contributed by atoms with E-state index in [4.69, 9.17) is 4.74 Å².